The first-order chi connectivity index (χ1) is 19.4. The van der Waals surface area contributed by atoms with Crippen molar-refractivity contribution in [2.45, 2.75) is 44.2 Å². The Morgan fingerprint density at radius 2 is 1.73 bits per heavy atom. The van der Waals surface area contributed by atoms with Crippen LogP contribution in [0.2, 0.25) is 10.0 Å². The van der Waals surface area contributed by atoms with E-state index in [-0.39, 0.29) is 27.8 Å². The molecular weight excluding hydrogens is 591 g/mol. The quantitative estimate of drug-likeness (QED) is 0.154. The SMILES string of the molecule is CCCCNC(=O)[C@@H](C)N(Cc1ccc(Cl)cc1Cl)C(=O)CN(c1cccc([N+](=O)[O-])c1)S(=O)(=O)c1ccccc1. The number of amides is 2. The van der Waals surface area contributed by atoms with Crippen molar-refractivity contribution in [3.8, 4) is 0 Å². The summed E-state index contributed by atoms with van der Waals surface area (Å²) in [5.74, 6) is -1.15. The van der Waals surface area contributed by atoms with Crippen LogP contribution in [0.5, 0.6) is 0 Å². The van der Waals surface area contributed by atoms with E-state index >= 15 is 0 Å². The summed E-state index contributed by atoms with van der Waals surface area (Å²) < 4.78 is 28.3. The molecular formula is C28H30Cl2N4O6S. The maximum Gasteiger partial charge on any atom is 0.271 e. The molecule has 0 radical (unpaired) electrons. The molecule has 3 aromatic rings. The monoisotopic (exact) mass is 620 g/mol. The highest BCUT2D eigenvalue weighted by atomic mass is 35.5. The van der Waals surface area contributed by atoms with Crippen LogP contribution >= 0.6 is 23.2 Å². The van der Waals surface area contributed by atoms with Crippen LogP contribution in [0.4, 0.5) is 11.4 Å². The maximum absolute atomic E-state index is 13.9. The standard InChI is InChI=1S/C28H30Cl2N4O6S/c1-3-4-15-31-28(36)20(2)32(18-21-13-14-22(29)16-26(21)30)27(35)19-33(23-9-8-10-24(17-23)34(37)38)41(39,40)25-11-6-5-7-12-25/h5-14,16-17,20H,3-4,15,18-19H2,1-2H3,(H,31,36)/t20-/m1/s1. The minimum atomic E-state index is -4.36. The van der Waals surface area contributed by atoms with Crippen LogP contribution in [-0.4, -0.2) is 49.2 Å². The van der Waals surface area contributed by atoms with E-state index in [2.05, 4.69) is 5.32 Å². The molecule has 41 heavy (non-hydrogen) atoms. The van der Waals surface area contributed by atoms with Crippen molar-refractivity contribution in [3.63, 3.8) is 0 Å². The molecule has 10 nitrogen and oxygen atoms in total. The molecule has 2 amide bonds. The summed E-state index contributed by atoms with van der Waals surface area (Å²) in [7, 11) is -4.36. The van der Waals surface area contributed by atoms with Crippen molar-refractivity contribution in [1.82, 2.24) is 10.2 Å². The van der Waals surface area contributed by atoms with Gasteiger partial charge in [-0.1, -0.05) is 66.9 Å². The molecule has 0 aliphatic rings. The number of hydrogen-bond acceptors (Lipinski definition) is 6. The molecule has 0 aliphatic heterocycles. The van der Waals surface area contributed by atoms with Gasteiger partial charge in [0, 0.05) is 35.3 Å². The van der Waals surface area contributed by atoms with Crippen LogP contribution in [-0.2, 0) is 26.2 Å². The van der Waals surface area contributed by atoms with E-state index in [0.717, 1.165) is 23.2 Å². The number of nitrogens with zero attached hydrogens (tertiary/aromatic N) is 3. The van der Waals surface area contributed by atoms with Crippen LogP contribution in [0, 0.1) is 10.1 Å². The molecule has 0 bridgehead atoms. The van der Waals surface area contributed by atoms with Crippen molar-refractivity contribution in [3.05, 3.63) is 98.5 Å². The molecule has 1 atom stereocenters. The Hall–Kier alpha value is -3.67. The van der Waals surface area contributed by atoms with Gasteiger partial charge in [0.05, 0.1) is 15.5 Å². The van der Waals surface area contributed by atoms with Gasteiger partial charge in [0.2, 0.25) is 11.8 Å². The Balaban J connectivity index is 2.05. The van der Waals surface area contributed by atoms with Crippen LogP contribution in [0.3, 0.4) is 0 Å². The Bertz CT molecular complexity index is 1500. The second-order valence-electron chi connectivity index (χ2n) is 9.18. The third-order valence-corrected chi connectivity index (χ3v) is 8.67. The number of nitrogens with one attached hydrogen (secondary N) is 1. The van der Waals surface area contributed by atoms with E-state index in [1.807, 2.05) is 6.92 Å². The first-order valence-electron chi connectivity index (χ1n) is 12.8. The number of sulfonamides is 1. The lowest BCUT2D eigenvalue weighted by Crippen LogP contribution is -2.51. The minimum absolute atomic E-state index is 0.0825. The zero-order valence-corrected chi connectivity index (χ0v) is 24.8. The van der Waals surface area contributed by atoms with Crippen molar-refractivity contribution in [1.29, 1.82) is 0 Å². The second-order valence-corrected chi connectivity index (χ2v) is 11.9. The van der Waals surface area contributed by atoms with Crippen molar-refractivity contribution >= 4 is 56.4 Å². The predicted octanol–water partition coefficient (Wildman–Crippen LogP) is 5.43. The largest absolute Gasteiger partial charge is 0.354 e. The molecule has 1 N–H and O–H groups in total. The second kappa shape index (κ2) is 14.3. The van der Waals surface area contributed by atoms with Gasteiger partial charge in [0.1, 0.15) is 12.6 Å². The molecule has 0 spiro atoms. The number of nitro benzene ring substituents is 1. The van der Waals surface area contributed by atoms with E-state index in [1.54, 1.807) is 18.2 Å². The molecule has 3 aromatic carbocycles. The summed E-state index contributed by atoms with van der Waals surface area (Å²) in [5.41, 5.74) is 0.0584. The number of carbonyl (C=O) groups excluding carboxylic acids is 2. The molecule has 3 rings (SSSR count). The molecule has 13 heteroatoms. The summed E-state index contributed by atoms with van der Waals surface area (Å²) >= 11 is 12.4. The fraction of sp³-hybridized carbons (Fsp3) is 0.286. The Morgan fingerprint density at radius 1 is 1.02 bits per heavy atom. The zero-order chi connectivity index (χ0) is 30.2. The van der Waals surface area contributed by atoms with Crippen LogP contribution in [0.1, 0.15) is 32.3 Å². The summed E-state index contributed by atoms with van der Waals surface area (Å²) in [6, 6.07) is 16.1. The lowest BCUT2D eigenvalue weighted by atomic mass is 10.1. The Kier molecular flexibility index (Phi) is 11.1. The molecule has 0 aromatic heterocycles. The smallest absolute Gasteiger partial charge is 0.271 e. The Morgan fingerprint density at radius 3 is 2.37 bits per heavy atom. The summed E-state index contributed by atoms with van der Waals surface area (Å²) in [4.78, 5) is 38.8. The first-order valence-corrected chi connectivity index (χ1v) is 15.0. The highest BCUT2D eigenvalue weighted by Crippen LogP contribution is 2.28. The normalized spacial score (nSPS) is 11.9. The van der Waals surface area contributed by atoms with Crippen molar-refractivity contribution in [2.75, 3.05) is 17.4 Å². The summed E-state index contributed by atoms with van der Waals surface area (Å²) in [6.45, 7) is 3.06. The average molecular weight is 622 g/mol. The fourth-order valence-corrected chi connectivity index (χ4v) is 5.86. The van der Waals surface area contributed by atoms with Gasteiger partial charge in [0.15, 0.2) is 0 Å². The molecule has 0 unspecified atom stereocenters. The van der Waals surface area contributed by atoms with E-state index in [4.69, 9.17) is 23.2 Å². The van der Waals surface area contributed by atoms with Crippen molar-refractivity contribution < 1.29 is 22.9 Å². The highest BCUT2D eigenvalue weighted by molar-refractivity contribution is 7.92. The lowest BCUT2D eigenvalue weighted by Gasteiger charge is -2.32. The van der Waals surface area contributed by atoms with Crippen LogP contribution in [0.25, 0.3) is 0 Å². The van der Waals surface area contributed by atoms with Crippen molar-refractivity contribution in [2.24, 2.45) is 0 Å². The zero-order valence-electron chi connectivity index (χ0n) is 22.5. The van der Waals surface area contributed by atoms with Gasteiger partial charge in [-0.25, -0.2) is 8.42 Å². The number of anilines is 1. The number of benzene rings is 3. The minimum Gasteiger partial charge on any atom is -0.354 e. The average Bonchev–Trinajstić information content (AvgIpc) is 2.95. The number of hydrogen-bond donors (Lipinski definition) is 1. The predicted molar refractivity (Wildman–Crippen MR) is 158 cm³/mol. The molecule has 218 valence electrons. The maximum atomic E-state index is 13.9. The van der Waals surface area contributed by atoms with Gasteiger partial charge in [0.25, 0.3) is 15.7 Å². The molecule has 0 saturated heterocycles. The Labute approximate surface area is 249 Å². The number of halogens is 2. The summed E-state index contributed by atoms with van der Waals surface area (Å²) in [6.07, 6.45) is 1.60. The number of non-ortho nitro benzene ring substituents is 1. The van der Waals surface area contributed by atoms with Gasteiger partial charge in [-0.05, 0) is 49.2 Å². The fourth-order valence-electron chi connectivity index (χ4n) is 3.96. The third-order valence-electron chi connectivity index (χ3n) is 6.29. The van der Waals surface area contributed by atoms with Gasteiger partial charge in [-0.3, -0.25) is 24.0 Å². The number of nitro groups is 1. The van der Waals surface area contributed by atoms with Gasteiger partial charge >= 0.3 is 0 Å². The highest BCUT2D eigenvalue weighted by Gasteiger charge is 2.33. The third kappa shape index (κ3) is 8.18. The molecule has 0 heterocycles. The topological polar surface area (TPSA) is 130 Å². The summed E-state index contributed by atoms with van der Waals surface area (Å²) in [5, 5.41) is 14.9. The molecule has 0 aliphatic carbocycles. The van der Waals surface area contributed by atoms with Gasteiger partial charge in [-0.15, -0.1) is 0 Å². The molecule has 0 saturated carbocycles. The van der Waals surface area contributed by atoms with E-state index < -0.39 is 39.3 Å². The number of unbranched alkanes of at least 4 members (excludes halogenated alkanes) is 1. The molecule has 0 fully saturated rings. The lowest BCUT2D eigenvalue weighted by molar-refractivity contribution is -0.384. The number of rotatable bonds is 13. The first kappa shape index (κ1) is 31.9. The van der Waals surface area contributed by atoms with Crippen LogP contribution < -0.4 is 9.62 Å². The van der Waals surface area contributed by atoms with E-state index in [0.29, 0.717) is 17.1 Å². The van der Waals surface area contributed by atoms with Gasteiger partial charge < -0.3 is 10.2 Å². The number of carbonyl (C=O) groups is 2. The van der Waals surface area contributed by atoms with E-state index in [9.17, 15) is 28.1 Å². The van der Waals surface area contributed by atoms with Crippen LogP contribution in [0.15, 0.2) is 77.7 Å². The van der Waals surface area contributed by atoms with Gasteiger partial charge in [-0.2, -0.15) is 0 Å². The van der Waals surface area contributed by atoms with E-state index in [1.165, 1.54) is 60.4 Å².